The molecule has 0 saturated carbocycles. The Morgan fingerprint density at radius 2 is 1.82 bits per heavy atom. The van der Waals surface area contributed by atoms with Crippen LogP contribution in [0, 0.1) is 12.3 Å². The van der Waals surface area contributed by atoms with Crippen molar-refractivity contribution in [2.24, 2.45) is 0 Å². The van der Waals surface area contributed by atoms with Crippen molar-refractivity contribution in [1.29, 1.82) is 5.41 Å². The van der Waals surface area contributed by atoms with E-state index < -0.39 is 39.4 Å². The molecule has 0 fully saturated rings. The highest BCUT2D eigenvalue weighted by Gasteiger charge is 2.43. The first-order chi connectivity index (χ1) is 16.2. The van der Waals surface area contributed by atoms with Crippen molar-refractivity contribution in [2.75, 3.05) is 11.1 Å². The van der Waals surface area contributed by atoms with Gasteiger partial charge in [-0.3, -0.25) is 9.98 Å². The first-order valence-electron chi connectivity index (χ1n) is 10.4. The van der Waals surface area contributed by atoms with E-state index in [2.05, 4.69) is 10.3 Å². The number of hydrogen-bond acceptors (Lipinski definition) is 6. The second kappa shape index (κ2) is 9.02. The molecule has 1 aromatic heterocycles. The maximum Gasteiger partial charge on any atom is 0.348 e. The van der Waals surface area contributed by atoms with Gasteiger partial charge in [0.15, 0.2) is 5.84 Å². The zero-order valence-electron chi connectivity index (χ0n) is 18.2. The van der Waals surface area contributed by atoms with Crippen LogP contribution in [0.3, 0.4) is 0 Å². The summed E-state index contributed by atoms with van der Waals surface area (Å²) in [6, 6.07) is 16.4. The summed E-state index contributed by atoms with van der Waals surface area (Å²) in [7, 11) is -4.27. The molecule has 2 aromatic carbocycles. The number of benzene rings is 2. The highest BCUT2D eigenvalue weighted by atomic mass is 32.2. The summed E-state index contributed by atoms with van der Waals surface area (Å²) in [5, 5.41) is 20.9. The van der Waals surface area contributed by atoms with Crippen molar-refractivity contribution in [3.63, 3.8) is 0 Å². The van der Waals surface area contributed by atoms with E-state index in [-0.39, 0.29) is 18.1 Å². The third kappa shape index (κ3) is 4.37. The van der Waals surface area contributed by atoms with E-state index in [9.17, 15) is 23.1 Å². The van der Waals surface area contributed by atoms with Crippen LogP contribution >= 0.6 is 0 Å². The number of carboxylic acid groups (broad SMARTS) is 1. The van der Waals surface area contributed by atoms with Crippen LogP contribution in [0.5, 0.6) is 0 Å². The number of nitrogens with zero attached hydrogens (tertiary/aromatic N) is 2. The Balaban J connectivity index is 1.67. The lowest BCUT2D eigenvalue weighted by Crippen LogP contribution is -2.56. The molecule has 4 N–H and O–H groups in total. The van der Waals surface area contributed by atoms with Crippen molar-refractivity contribution < 1.29 is 18.3 Å². The highest BCUT2D eigenvalue weighted by molar-refractivity contribution is 7.89. The monoisotopic (exact) mass is 481 g/mol. The van der Waals surface area contributed by atoms with Gasteiger partial charge in [0.25, 0.3) is 0 Å². The molecule has 0 bridgehead atoms. The Morgan fingerprint density at radius 3 is 2.50 bits per heavy atom. The van der Waals surface area contributed by atoms with Crippen LogP contribution in [0.25, 0.3) is 6.08 Å². The SMILES string of the molecule is Cc1ccccc1C=CCS(=O)(=O)N1C(=N)c2[nH]c(=O)n(Cc3ccccc3)c2NC1C(=O)O. The predicted octanol–water partition coefficient (Wildman–Crippen LogP) is 2.04. The van der Waals surface area contributed by atoms with Crippen LogP contribution in [0.2, 0.25) is 0 Å². The quantitative estimate of drug-likeness (QED) is 0.406. The van der Waals surface area contributed by atoms with Crippen LogP contribution in [-0.2, 0) is 21.4 Å². The number of aromatic amines is 1. The van der Waals surface area contributed by atoms with E-state index in [4.69, 9.17) is 5.41 Å². The molecule has 0 radical (unpaired) electrons. The third-order valence-corrected chi connectivity index (χ3v) is 7.07. The Labute approximate surface area is 195 Å². The molecule has 2 heterocycles. The van der Waals surface area contributed by atoms with E-state index in [1.807, 2.05) is 37.3 Å². The summed E-state index contributed by atoms with van der Waals surface area (Å²) in [6.07, 6.45) is 1.25. The molecule has 34 heavy (non-hydrogen) atoms. The molecule has 1 aliphatic heterocycles. The second-order valence-corrected chi connectivity index (χ2v) is 9.68. The van der Waals surface area contributed by atoms with Crippen LogP contribution in [-0.4, -0.2) is 51.1 Å². The van der Waals surface area contributed by atoms with E-state index in [0.717, 1.165) is 16.7 Å². The number of imidazole rings is 1. The smallest absolute Gasteiger partial charge is 0.348 e. The number of aliphatic carboxylic acids is 1. The molecule has 0 amide bonds. The van der Waals surface area contributed by atoms with Crippen molar-refractivity contribution in [1.82, 2.24) is 13.9 Å². The van der Waals surface area contributed by atoms with Crippen LogP contribution < -0.4 is 11.0 Å². The summed E-state index contributed by atoms with van der Waals surface area (Å²) in [6.45, 7) is 2.00. The summed E-state index contributed by atoms with van der Waals surface area (Å²) >= 11 is 0. The molecular weight excluding hydrogens is 458 g/mol. The highest BCUT2D eigenvalue weighted by Crippen LogP contribution is 2.26. The third-order valence-electron chi connectivity index (χ3n) is 5.46. The normalized spacial score (nSPS) is 15.9. The zero-order valence-corrected chi connectivity index (χ0v) is 19.0. The van der Waals surface area contributed by atoms with Gasteiger partial charge in [-0.05, 0) is 23.6 Å². The second-order valence-electron chi connectivity index (χ2n) is 7.79. The van der Waals surface area contributed by atoms with Crippen LogP contribution in [0.15, 0.2) is 65.5 Å². The van der Waals surface area contributed by atoms with E-state index in [1.165, 1.54) is 10.6 Å². The number of amidine groups is 1. The Kier molecular flexibility index (Phi) is 6.12. The number of nitrogens with one attached hydrogen (secondary N) is 3. The molecule has 0 saturated heterocycles. The topological polar surface area (TPSA) is 148 Å². The fraction of sp³-hybridized carbons (Fsp3) is 0.174. The molecule has 1 unspecified atom stereocenters. The van der Waals surface area contributed by atoms with Gasteiger partial charge in [0.05, 0.1) is 12.3 Å². The molecule has 10 nitrogen and oxygen atoms in total. The molecule has 0 spiro atoms. The predicted molar refractivity (Wildman–Crippen MR) is 128 cm³/mol. The Bertz CT molecular complexity index is 1440. The van der Waals surface area contributed by atoms with Gasteiger partial charge >= 0.3 is 11.7 Å². The first-order valence-corrected chi connectivity index (χ1v) is 12.0. The Morgan fingerprint density at radius 1 is 1.15 bits per heavy atom. The minimum atomic E-state index is -4.27. The molecule has 1 atom stereocenters. The molecule has 176 valence electrons. The number of rotatable bonds is 7. The molecule has 4 rings (SSSR count). The van der Waals surface area contributed by atoms with Crippen molar-refractivity contribution in [3.05, 3.63) is 93.5 Å². The van der Waals surface area contributed by atoms with Gasteiger partial charge in [0, 0.05) is 0 Å². The maximum atomic E-state index is 13.1. The summed E-state index contributed by atoms with van der Waals surface area (Å²) in [5.74, 6) is -2.59. The van der Waals surface area contributed by atoms with E-state index in [1.54, 1.807) is 30.3 Å². The summed E-state index contributed by atoms with van der Waals surface area (Å²) in [4.78, 5) is 27.1. The van der Waals surface area contributed by atoms with Gasteiger partial charge in [-0.2, -0.15) is 0 Å². The lowest BCUT2D eigenvalue weighted by molar-refractivity contribution is -0.139. The first kappa shape index (κ1) is 23.1. The van der Waals surface area contributed by atoms with Crippen LogP contribution in [0.4, 0.5) is 5.82 Å². The fourth-order valence-electron chi connectivity index (χ4n) is 3.75. The standard InChI is InChI=1S/C23H23N5O5S/c1-15-8-5-6-11-17(15)12-7-13-34(32,33)28-19(24)18-20(26-21(28)22(29)30)27(23(31)25-18)14-16-9-3-2-4-10-16/h2-12,21,24,26H,13-14H2,1H3,(H,25,31)(H,29,30). The van der Waals surface area contributed by atoms with Gasteiger partial charge in [-0.25, -0.2) is 22.3 Å². The molecule has 11 heteroatoms. The average molecular weight is 482 g/mol. The molecule has 0 aliphatic carbocycles. The number of anilines is 1. The number of fused-ring (bicyclic) bond motifs is 1. The average Bonchev–Trinajstić information content (AvgIpc) is 3.11. The molecule has 1 aliphatic rings. The minimum absolute atomic E-state index is 0.0492. The molecule has 3 aromatic rings. The van der Waals surface area contributed by atoms with Crippen molar-refractivity contribution >= 4 is 33.7 Å². The maximum absolute atomic E-state index is 13.1. The number of sulfonamides is 1. The summed E-state index contributed by atoms with van der Waals surface area (Å²) < 4.78 is 28.0. The number of carbonyl (C=O) groups is 1. The number of aromatic nitrogens is 2. The summed E-state index contributed by atoms with van der Waals surface area (Å²) in [5.41, 5.74) is 1.87. The van der Waals surface area contributed by atoms with Gasteiger partial charge in [-0.15, -0.1) is 0 Å². The zero-order chi connectivity index (χ0) is 24.5. The van der Waals surface area contributed by atoms with Gasteiger partial charge in [0.1, 0.15) is 11.5 Å². The van der Waals surface area contributed by atoms with Crippen molar-refractivity contribution in [2.45, 2.75) is 19.6 Å². The van der Waals surface area contributed by atoms with Crippen LogP contribution in [0.1, 0.15) is 22.4 Å². The fourth-order valence-corrected chi connectivity index (χ4v) is 5.08. The van der Waals surface area contributed by atoms with E-state index in [0.29, 0.717) is 4.31 Å². The number of aryl methyl sites for hydroxylation is 1. The number of hydrogen-bond donors (Lipinski definition) is 4. The van der Waals surface area contributed by atoms with Gasteiger partial charge in [-0.1, -0.05) is 66.7 Å². The van der Waals surface area contributed by atoms with E-state index >= 15 is 0 Å². The lowest BCUT2D eigenvalue weighted by Gasteiger charge is -2.34. The number of carboxylic acids is 1. The van der Waals surface area contributed by atoms with Gasteiger partial charge < -0.3 is 15.4 Å². The largest absolute Gasteiger partial charge is 0.478 e. The number of H-pyrrole nitrogens is 1. The minimum Gasteiger partial charge on any atom is -0.478 e. The van der Waals surface area contributed by atoms with Crippen molar-refractivity contribution in [3.8, 4) is 0 Å². The molecular formula is C23H23N5O5S. The lowest BCUT2D eigenvalue weighted by atomic mass is 10.1. The van der Waals surface area contributed by atoms with Gasteiger partial charge in [0.2, 0.25) is 16.2 Å². The Hall–Kier alpha value is -4.12.